The zero-order valence-electron chi connectivity index (χ0n) is 13.5. The van der Waals surface area contributed by atoms with Crippen molar-refractivity contribution in [3.8, 4) is 0 Å². The van der Waals surface area contributed by atoms with E-state index in [1.54, 1.807) is 25.1 Å². The van der Waals surface area contributed by atoms with Gasteiger partial charge in [0.15, 0.2) is 0 Å². The number of alkyl halides is 3. The van der Waals surface area contributed by atoms with Crippen LogP contribution in [0.4, 0.5) is 13.2 Å². The van der Waals surface area contributed by atoms with Crippen LogP contribution in [0.3, 0.4) is 0 Å². The molecule has 1 amide bonds. The minimum absolute atomic E-state index is 0.0770. The average molecular weight is 350 g/mol. The van der Waals surface area contributed by atoms with Crippen molar-refractivity contribution in [2.24, 2.45) is 0 Å². The standard InChI is InChI=1S/C18H17F3N2O2/c1-11-5-6-13(9-22-11)17(25)23-10-15(24)8-16(23)12-3-2-4-14(7-12)18(19,20)21/h2-7,9,15-16,24H,8,10H2,1H3/t15-,16-/m0/s1. The predicted molar refractivity (Wildman–Crippen MR) is 84.8 cm³/mol. The molecule has 2 heterocycles. The first kappa shape index (κ1) is 17.4. The van der Waals surface area contributed by atoms with Crippen LogP contribution in [0.2, 0.25) is 0 Å². The second-order valence-corrected chi connectivity index (χ2v) is 6.17. The zero-order valence-corrected chi connectivity index (χ0v) is 13.5. The number of β-amino-alcohol motifs (C(OH)–C–C–N with tert-alkyl or cyclic N) is 1. The number of hydrogen-bond acceptors (Lipinski definition) is 3. The molecule has 0 aliphatic carbocycles. The highest BCUT2D eigenvalue weighted by atomic mass is 19.4. The normalized spacial score (nSPS) is 20.8. The smallest absolute Gasteiger partial charge is 0.391 e. The van der Waals surface area contributed by atoms with Crippen molar-refractivity contribution in [1.29, 1.82) is 0 Å². The van der Waals surface area contributed by atoms with E-state index in [9.17, 15) is 23.1 Å². The number of carbonyl (C=O) groups is 1. The molecule has 132 valence electrons. The fourth-order valence-corrected chi connectivity index (χ4v) is 3.04. The SMILES string of the molecule is Cc1ccc(C(=O)N2C[C@@H](O)C[C@H]2c2cccc(C(F)(F)F)c2)cn1. The largest absolute Gasteiger partial charge is 0.416 e. The quantitative estimate of drug-likeness (QED) is 0.904. The molecule has 1 saturated heterocycles. The second kappa shape index (κ2) is 6.48. The molecule has 0 unspecified atom stereocenters. The number of aliphatic hydroxyl groups is 1. The molecule has 1 fully saturated rings. The maximum absolute atomic E-state index is 13.0. The summed E-state index contributed by atoms with van der Waals surface area (Å²) in [6.07, 6.45) is -3.59. The van der Waals surface area contributed by atoms with Gasteiger partial charge in [-0.25, -0.2) is 0 Å². The van der Waals surface area contributed by atoms with Gasteiger partial charge in [0.2, 0.25) is 0 Å². The molecule has 3 rings (SSSR count). The summed E-state index contributed by atoms with van der Waals surface area (Å²) < 4.78 is 38.9. The molecule has 1 aliphatic rings. The van der Waals surface area contributed by atoms with Crippen LogP contribution in [0.5, 0.6) is 0 Å². The van der Waals surface area contributed by atoms with Gasteiger partial charge in [-0.2, -0.15) is 13.2 Å². The lowest BCUT2D eigenvalue weighted by Gasteiger charge is -2.25. The summed E-state index contributed by atoms with van der Waals surface area (Å²) in [4.78, 5) is 18.2. The van der Waals surface area contributed by atoms with Crippen LogP contribution in [-0.2, 0) is 6.18 Å². The van der Waals surface area contributed by atoms with Crippen molar-refractivity contribution in [2.75, 3.05) is 6.54 Å². The molecular formula is C18H17F3N2O2. The van der Waals surface area contributed by atoms with Crippen molar-refractivity contribution in [3.63, 3.8) is 0 Å². The second-order valence-electron chi connectivity index (χ2n) is 6.17. The highest BCUT2D eigenvalue weighted by Gasteiger charge is 2.37. The van der Waals surface area contributed by atoms with Crippen LogP contribution in [-0.4, -0.2) is 33.5 Å². The van der Waals surface area contributed by atoms with Gasteiger partial charge >= 0.3 is 6.18 Å². The number of aromatic nitrogens is 1. The highest BCUT2D eigenvalue weighted by Crippen LogP contribution is 2.36. The van der Waals surface area contributed by atoms with Gasteiger partial charge in [-0.1, -0.05) is 12.1 Å². The highest BCUT2D eigenvalue weighted by molar-refractivity contribution is 5.94. The monoisotopic (exact) mass is 350 g/mol. The van der Waals surface area contributed by atoms with Gasteiger partial charge in [0, 0.05) is 18.4 Å². The van der Waals surface area contributed by atoms with Gasteiger partial charge in [0.1, 0.15) is 0 Å². The molecule has 4 nitrogen and oxygen atoms in total. The fourth-order valence-electron chi connectivity index (χ4n) is 3.04. The minimum Gasteiger partial charge on any atom is -0.391 e. The number of halogens is 3. The summed E-state index contributed by atoms with van der Waals surface area (Å²) >= 11 is 0. The number of hydrogen-bond donors (Lipinski definition) is 1. The third-order valence-electron chi connectivity index (χ3n) is 4.30. The van der Waals surface area contributed by atoms with Crippen molar-refractivity contribution in [3.05, 3.63) is 65.0 Å². The maximum atomic E-state index is 13.0. The lowest BCUT2D eigenvalue weighted by atomic mass is 10.0. The summed E-state index contributed by atoms with van der Waals surface area (Å²) in [6.45, 7) is 1.87. The van der Waals surface area contributed by atoms with E-state index in [1.165, 1.54) is 17.2 Å². The number of aliphatic hydroxyl groups excluding tert-OH is 1. The Hall–Kier alpha value is -2.41. The molecule has 2 atom stereocenters. The Kier molecular flexibility index (Phi) is 4.51. The molecule has 1 aromatic heterocycles. The number of aryl methyl sites for hydroxylation is 1. The first-order chi connectivity index (χ1) is 11.8. The predicted octanol–water partition coefficient (Wildman–Crippen LogP) is 3.36. The van der Waals surface area contributed by atoms with E-state index < -0.39 is 23.9 Å². The molecule has 0 radical (unpaired) electrons. The third-order valence-corrected chi connectivity index (χ3v) is 4.30. The van der Waals surface area contributed by atoms with Gasteiger partial charge in [0.25, 0.3) is 5.91 Å². The first-order valence-electron chi connectivity index (χ1n) is 7.84. The van der Waals surface area contributed by atoms with Crippen LogP contribution in [0.1, 0.15) is 39.6 Å². The Balaban J connectivity index is 1.92. The zero-order chi connectivity index (χ0) is 18.2. The summed E-state index contributed by atoms with van der Waals surface area (Å²) in [7, 11) is 0. The number of rotatable bonds is 2. The molecule has 7 heteroatoms. The molecule has 25 heavy (non-hydrogen) atoms. The maximum Gasteiger partial charge on any atom is 0.416 e. The van der Waals surface area contributed by atoms with Gasteiger partial charge in [-0.3, -0.25) is 9.78 Å². The molecule has 1 aliphatic heterocycles. The van der Waals surface area contributed by atoms with Crippen molar-refractivity contribution in [1.82, 2.24) is 9.88 Å². The van der Waals surface area contributed by atoms with E-state index >= 15 is 0 Å². The molecule has 0 saturated carbocycles. The van der Waals surface area contributed by atoms with Crippen LogP contribution in [0, 0.1) is 6.92 Å². The van der Waals surface area contributed by atoms with E-state index in [0.29, 0.717) is 11.1 Å². The summed E-state index contributed by atoms with van der Waals surface area (Å²) in [6, 6.07) is 7.61. The Labute approximate surface area is 142 Å². The molecule has 0 spiro atoms. The molecule has 2 aromatic rings. The molecule has 1 aromatic carbocycles. The van der Waals surface area contributed by atoms with Crippen LogP contribution in [0.25, 0.3) is 0 Å². The Morgan fingerprint density at radius 1 is 1.28 bits per heavy atom. The van der Waals surface area contributed by atoms with E-state index in [2.05, 4.69) is 4.98 Å². The number of carbonyl (C=O) groups excluding carboxylic acids is 1. The summed E-state index contributed by atoms with van der Waals surface area (Å²) in [5.74, 6) is -0.355. The Morgan fingerprint density at radius 2 is 2.04 bits per heavy atom. The van der Waals surface area contributed by atoms with Crippen molar-refractivity contribution >= 4 is 5.91 Å². The van der Waals surface area contributed by atoms with Crippen molar-refractivity contribution < 1.29 is 23.1 Å². The number of amides is 1. The summed E-state index contributed by atoms with van der Waals surface area (Å²) in [5, 5.41) is 9.97. The molecule has 1 N–H and O–H groups in total. The minimum atomic E-state index is -4.46. The molecule has 0 bridgehead atoms. The Morgan fingerprint density at radius 3 is 2.68 bits per heavy atom. The van der Waals surface area contributed by atoms with E-state index in [1.807, 2.05) is 0 Å². The number of benzene rings is 1. The van der Waals surface area contributed by atoms with Gasteiger partial charge in [0.05, 0.1) is 23.3 Å². The van der Waals surface area contributed by atoms with Crippen LogP contribution >= 0.6 is 0 Å². The van der Waals surface area contributed by atoms with Gasteiger partial charge in [-0.15, -0.1) is 0 Å². The third kappa shape index (κ3) is 3.66. The summed E-state index contributed by atoms with van der Waals surface area (Å²) in [5.41, 5.74) is 0.694. The lowest BCUT2D eigenvalue weighted by Crippen LogP contribution is -2.32. The van der Waals surface area contributed by atoms with Crippen LogP contribution < -0.4 is 0 Å². The number of likely N-dealkylation sites (tertiary alicyclic amines) is 1. The lowest BCUT2D eigenvalue weighted by molar-refractivity contribution is -0.137. The topological polar surface area (TPSA) is 53.4 Å². The van der Waals surface area contributed by atoms with E-state index in [0.717, 1.165) is 17.8 Å². The van der Waals surface area contributed by atoms with Crippen molar-refractivity contribution in [2.45, 2.75) is 31.7 Å². The average Bonchev–Trinajstić information content (AvgIpc) is 2.96. The Bertz CT molecular complexity index is 775. The van der Waals surface area contributed by atoms with Gasteiger partial charge < -0.3 is 10.0 Å². The number of nitrogens with zero attached hydrogens (tertiary/aromatic N) is 2. The fraction of sp³-hybridized carbons (Fsp3) is 0.333. The van der Waals surface area contributed by atoms with E-state index in [-0.39, 0.29) is 18.9 Å². The van der Waals surface area contributed by atoms with E-state index in [4.69, 9.17) is 0 Å². The van der Waals surface area contributed by atoms with Crippen LogP contribution in [0.15, 0.2) is 42.6 Å². The first-order valence-corrected chi connectivity index (χ1v) is 7.84. The van der Waals surface area contributed by atoms with Gasteiger partial charge in [-0.05, 0) is 43.2 Å². The number of pyridine rings is 1. The molecular weight excluding hydrogens is 333 g/mol.